The van der Waals surface area contributed by atoms with E-state index in [1.165, 1.54) is 0 Å². The van der Waals surface area contributed by atoms with E-state index in [1.807, 2.05) is 18.2 Å². The number of nitrogens with two attached hydrogens (primary N) is 1. The molecule has 1 saturated heterocycles. The molecule has 1 aliphatic heterocycles. The summed E-state index contributed by atoms with van der Waals surface area (Å²) in [5.41, 5.74) is 8.95. The molecule has 6 nitrogen and oxygen atoms in total. The van der Waals surface area contributed by atoms with E-state index >= 15 is 0 Å². The summed E-state index contributed by atoms with van der Waals surface area (Å²) in [7, 11) is 1.55. The molecule has 1 heterocycles. The summed E-state index contributed by atoms with van der Waals surface area (Å²) in [6, 6.07) is 13.0. The number of anilines is 3. The van der Waals surface area contributed by atoms with E-state index in [1.54, 1.807) is 30.2 Å². The highest BCUT2D eigenvalue weighted by Gasteiger charge is 2.36. The summed E-state index contributed by atoms with van der Waals surface area (Å²) in [4.78, 5) is 27.2. The second-order valence-electron chi connectivity index (χ2n) is 7.22. The molecule has 0 aliphatic carbocycles. The standard InChI is InChI=1S/C22H27N3O3/c1-4-14(2)17-7-5-6-8-20(17)25-13-15(11-21(25)26)22(27)24-19-12-16(28-3)9-10-18(19)23/h5-10,12,14-15H,4,11,13,23H2,1-3H3,(H,24,27). The first-order chi connectivity index (χ1) is 13.4. The number of hydrogen-bond acceptors (Lipinski definition) is 4. The molecule has 2 unspecified atom stereocenters. The fourth-order valence-corrected chi connectivity index (χ4v) is 3.49. The number of nitrogens with one attached hydrogen (secondary N) is 1. The van der Waals surface area contributed by atoms with E-state index in [-0.39, 0.29) is 18.2 Å². The minimum absolute atomic E-state index is 0.0329. The maximum Gasteiger partial charge on any atom is 0.229 e. The number of amides is 2. The van der Waals surface area contributed by atoms with E-state index in [2.05, 4.69) is 25.2 Å². The number of benzene rings is 2. The number of carbonyl (C=O) groups is 2. The van der Waals surface area contributed by atoms with E-state index < -0.39 is 5.92 Å². The molecule has 0 aromatic heterocycles. The highest BCUT2D eigenvalue weighted by atomic mass is 16.5. The van der Waals surface area contributed by atoms with E-state index in [0.717, 1.165) is 17.7 Å². The molecule has 2 atom stereocenters. The molecule has 6 heteroatoms. The van der Waals surface area contributed by atoms with Crippen molar-refractivity contribution in [1.29, 1.82) is 0 Å². The summed E-state index contributed by atoms with van der Waals surface area (Å²) in [6.45, 7) is 4.64. The predicted octanol–water partition coefficient (Wildman–Crippen LogP) is 3.78. The number of nitrogens with zero attached hydrogens (tertiary/aromatic N) is 1. The van der Waals surface area contributed by atoms with Gasteiger partial charge < -0.3 is 20.7 Å². The molecule has 28 heavy (non-hydrogen) atoms. The van der Waals surface area contributed by atoms with Crippen molar-refractivity contribution in [1.82, 2.24) is 0 Å². The number of methoxy groups -OCH3 is 1. The molecular formula is C22H27N3O3. The molecule has 2 aromatic rings. The van der Waals surface area contributed by atoms with Gasteiger partial charge in [-0.15, -0.1) is 0 Å². The monoisotopic (exact) mass is 381 g/mol. The molecular weight excluding hydrogens is 354 g/mol. The van der Waals surface area contributed by atoms with Crippen molar-refractivity contribution in [3.63, 3.8) is 0 Å². The maximum atomic E-state index is 12.8. The quantitative estimate of drug-likeness (QED) is 0.746. The zero-order chi connectivity index (χ0) is 20.3. The van der Waals surface area contributed by atoms with Crippen molar-refractivity contribution < 1.29 is 14.3 Å². The number of carbonyl (C=O) groups excluding carboxylic acids is 2. The third-order valence-corrected chi connectivity index (χ3v) is 5.38. The second-order valence-corrected chi connectivity index (χ2v) is 7.22. The first-order valence-electron chi connectivity index (χ1n) is 9.58. The number of para-hydroxylation sites is 1. The maximum absolute atomic E-state index is 12.8. The van der Waals surface area contributed by atoms with Gasteiger partial charge in [0, 0.05) is 24.7 Å². The molecule has 0 radical (unpaired) electrons. The lowest BCUT2D eigenvalue weighted by atomic mass is 9.96. The Labute approximate surface area is 165 Å². The van der Waals surface area contributed by atoms with Crippen molar-refractivity contribution in [3.05, 3.63) is 48.0 Å². The smallest absolute Gasteiger partial charge is 0.229 e. The van der Waals surface area contributed by atoms with E-state index in [4.69, 9.17) is 10.5 Å². The van der Waals surface area contributed by atoms with Gasteiger partial charge in [-0.3, -0.25) is 9.59 Å². The van der Waals surface area contributed by atoms with Crippen LogP contribution in [-0.2, 0) is 9.59 Å². The number of rotatable bonds is 6. The van der Waals surface area contributed by atoms with Crippen LogP contribution >= 0.6 is 0 Å². The Bertz CT molecular complexity index is 881. The molecule has 2 amide bonds. The van der Waals surface area contributed by atoms with Crippen LogP contribution in [-0.4, -0.2) is 25.5 Å². The van der Waals surface area contributed by atoms with E-state index in [0.29, 0.717) is 29.6 Å². The van der Waals surface area contributed by atoms with Crippen molar-refractivity contribution >= 4 is 28.9 Å². The minimum atomic E-state index is -0.428. The molecule has 1 fully saturated rings. The van der Waals surface area contributed by atoms with Crippen LogP contribution in [0.15, 0.2) is 42.5 Å². The average Bonchev–Trinajstić information content (AvgIpc) is 3.10. The van der Waals surface area contributed by atoms with Gasteiger partial charge in [0.05, 0.1) is 24.4 Å². The topological polar surface area (TPSA) is 84.7 Å². The van der Waals surface area contributed by atoms with Gasteiger partial charge in [0.1, 0.15) is 5.75 Å². The highest BCUT2D eigenvalue weighted by Crippen LogP contribution is 2.34. The van der Waals surface area contributed by atoms with Gasteiger partial charge in [-0.05, 0) is 36.1 Å². The van der Waals surface area contributed by atoms with Crippen LogP contribution in [0.4, 0.5) is 17.1 Å². The molecule has 0 saturated carbocycles. The summed E-state index contributed by atoms with van der Waals surface area (Å²) in [5, 5.41) is 2.85. The van der Waals surface area contributed by atoms with Gasteiger partial charge in [0.25, 0.3) is 0 Å². The normalized spacial score (nSPS) is 17.5. The van der Waals surface area contributed by atoms with E-state index in [9.17, 15) is 9.59 Å². The molecule has 1 aliphatic rings. The van der Waals surface area contributed by atoms with Gasteiger partial charge in [0.15, 0.2) is 0 Å². The summed E-state index contributed by atoms with van der Waals surface area (Å²) in [5.74, 6) is 0.277. The average molecular weight is 381 g/mol. The van der Waals surface area contributed by atoms with Gasteiger partial charge in [-0.25, -0.2) is 0 Å². The SMILES string of the molecule is CCC(C)c1ccccc1N1CC(C(=O)Nc2cc(OC)ccc2N)CC1=O. The predicted molar refractivity (Wildman–Crippen MR) is 112 cm³/mol. The van der Waals surface area contributed by atoms with Gasteiger partial charge in [-0.1, -0.05) is 32.0 Å². The summed E-state index contributed by atoms with van der Waals surface area (Å²) in [6.07, 6.45) is 1.17. The fourth-order valence-electron chi connectivity index (χ4n) is 3.49. The summed E-state index contributed by atoms with van der Waals surface area (Å²) >= 11 is 0. The van der Waals surface area contributed by atoms with Crippen LogP contribution in [0.5, 0.6) is 5.75 Å². The number of nitrogen functional groups attached to an aromatic ring is 1. The fraction of sp³-hybridized carbons (Fsp3) is 0.364. The van der Waals surface area contributed by atoms with Crippen LogP contribution in [0.2, 0.25) is 0 Å². The lowest BCUT2D eigenvalue weighted by molar-refractivity contribution is -0.122. The van der Waals surface area contributed by atoms with Gasteiger partial charge in [-0.2, -0.15) is 0 Å². The number of hydrogen-bond donors (Lipinski definition) is 2. The Morgan fingerprint density at radius 1 is 1.32 bits per heavy atom. The third kappa shape index (κ3) is 3.96. The second kappa shape index (κ2) is 8.33. The minimum Gasteiger partial charge on any atom is -0.497 e. The van der Waals surface area contributed by atoms with Crippen LogP contribution < -0.4 is 20.7 Å². The Kier molecular flexibility index (Phi) is 5.87. The first-order valence-corrected chi connectivity index (χ1v) is 9.58. The lowest BCUT2D eigenvalue weighted by Gasteiger charge is -2.23. The van der Waals surface area contributed by atoms with Crippen LogP contribution in [0.1, 0.15) is 38.2 Å². The van der Waals surface area contributed by atoms with Crippen LogP contribution in [0, 0.1) is 5.92 Å². The summed E-state index contributed by atoms with van der Waals surface area (Å²) < 4.78 is 5.19. The van der Waals surface area contributed by atoms with Crippen molar-refractivity contribution in [2.24, 2.45) is 5.92 Å². The Morgan fingerprint density at radius 3 is 2.79 bits per heavy atom. The molecule has 3 rings (SSSR count). The van der Waals surface area contributed by atoms with Crippen molar-refractivity contribution in [2.75, 3.05) is 29.6 Å². The molecule has 2 aromatic carbocycles. The van der Waals surface area contributed by atoms with Crippen LogP contribution in [0.3, 0.4) is 0 Å². The van der Waals surface area contributed by atoms with Crippen LogP contribution in [0.25, 0.3) is 0 Å². The molecule has 0 spiro atoms. The molecule has 148 valence electrons. The number of ether oxygens (including phenoxy) is 1. The Balaban J connectivity index is 1.77. The molecule has 0 bridgehead atoms. The zero-order valence-electron chi connectivity index (χ0n) is 16.6. The largest absolute Gasteiger partial charge is 0.497 e. The third-order valence-electron chi connectivity index (χ3n) is 5.38. The van der Waals surface area contributed by atoms with Gasteiger partial charge >= 0.3 is 0 Å². The van der Waals surface area contributed by atoms with Crippen molar-refractivity contribution in [2.45, 2.75) is 32.6 Å². The first kappa shape index (κ1) is 19.7. The van der Waals surface area contributed by atoms with Gasteiger partial charge in [0.2, 0.25) is 11.8 Å². The lowest BCUT2D eigenvalue weighted by Crippen LogP contribution is -2.29. The highest BCUT2D eigenvalue weighted by molar-refractivity contribution is 6.04. The van der Waals surface area contributed by atoms with Crippen molar-refractivity contribution in [3.8, 4) is 5.75 Å². The zero-order valence-corrected chi connectivity index (χ0v) is 16.6. The Hall–Kier alpha value is -3.02. The molecule has 3 N–H and O–H groups in total. The Morgan fingerprint density at radius 2 is 2.07 bits per heavy atom.